The molecule has 1 saturated carbocycles. The van der Waals surface area contributed by atoms with Crippen LogP contribution in [0.2, 0.25) is 0 Å². The normalized spacial score (nSPS) is 27.6. The Labute approximate surface area is 114 Å². The standard InChI is InChI=1S/C15H23N3O/c1-11-17-8-4-13(18-11)14(16)12-5-9-19-15(10-12)6-2-3-7-15/h4,8,12,14H,2-3,5-7,9-10,16H2,1H3. The van der Waals surface area contributed by atoms with E-state index < -0.39 is 0 Å². The highest BCUT2D eigenvalue weighted by Gasteiger charge is 2.41. The molecule has 1 aliphatic heterocycles. The van der Waals surface area contributed by atoms with E-state index in [1.54, 1.807) is 0 Å². The molecule has 0 amide bonds. The molecule has 0 radical (unpaired) electrons. The summed E-state index contributed by atoms with van der Waals surface area (Å²) in [6.07, 6.45) is 8.96. The van der Waals surface area contributed by atoms with Crippen molar-refractivity contribution in [3.63, 3.8) is 0 Å². The van der Waals surface area contributed by atoms with Crippen LogP contribution >= 0.6 is 0 Å². The van der Waals surface area contributed by atoms with E-state index in [2.05, 4.69) is 9.97 Å². The molecule has 1 aliphatic carbocycles. The van der Waals surface area contributed by atoms with Crippen molar-refractivity contribution in [2.45, 2.75) is 57.1 Å². The lowest BCUT2D eigenvalue weighted by molar-refractivity contribution is -0.0965. The van der Waals surface area contributed by atoms with Gasteiger partial charge in [0.2, 0.25) is 0 Å². The van der Waals surface area contributed by atoms with Gasteiger partial charge in [0.25, 0.3) is 0 Å². The van der Waals surface area contributed by atoms with Crippen LogP contribution in [0.3, 0.4) is 0 Å². The van der Waals surface area contributed by atoms with E-state index in [1.807, 2.05) is 19.2 Å². The van der Waals surface area contributed by atoms with Crippen LogP contribution in [0.1, 0.15) is 56.1 Å². The van der Waals surface area contributed by atoms with E-state index in [-0.39, 0.29) is 11.6 Å². The Bertz CT molecular complexity index is 443. The summed E-state index contributed by atoms with van der Waals surface area (Å²) in [5.74, 6) is 1.29. The predicted molar refractivity (Wildman–Crippen MR) is 73.6 cm³/mol. The molecule has 3 rings (SSSR count). The zero-order valence-electron chi connectivity index (χ0n) is 11.6. The van der Waals surface area contributed by atoms with Crippen molar-refractivity contribution in [2.75, 3.05) is 6.61 Å². The van der Waals surface area contributed by atoms with Gasteiger partial charge in [-0.25, -0.2) is 9.97 Å². The van der Waals surface area contributed by atoms with Crippen LogP contribution in [0.15, 0.2) is 12.3 Å². The van der Waals surface area contributed by atoms with Crippen LogP contribution in [0.4, 0.5) is 0 Å². The number of nitrogens with zero attached hydrogens (tertiary/aromatic N) is 2. The Morgan fingerprint density at radius 2 is 2.21 bits per heavy atom. The van der Waals surface area contributed by atoms with Crippen molar-refractivity contribution >= 4 is 0 Å². The fraction of sp³-hybridized carbons (Fsp3) is 0.733. The van der Waals surface area contributed by atoms with Crippen LogP contribution in [0.25, 0.3) is 0 Å². The molecule has 2 heterocycles. The summed E-state index contributed by atoms with van der Waals surface area (Å²) in [6.45, 7) is 2.76. The van der Waals surface area contributed by atoms with Crippen LogP contribution in [-0.2, 0) is 4.74 Å². The molecule has 104 valence electrons. The van der Waals surface area contributed by atoms with Crippen molar-refractivity contribution in [3.05, 3.63) is 23.8 Å². The summed E-state index contributed by atoms with van der Waals surface area (Å²) in [6, 6.07) is 1.97. The van der Waals surface area contributed by atoms with Gasteiger partial charge in [0, 0.05) is 12.8 Å². The summed E-state index contributed by atoms with van der Waals surface area (Å²) >= 11 is 0. The van der Waals surface area contributed by atoms with Crippen LogP contribution in [0.5, 0.6) is 0 Å². The third-order valence-electron chi connectivity index (χ3n) is 4.69. The van der Waals surface area contributed by atoms with Gasteiger partial charge in [-0.05, 0) is 44.6 Å². The third-order valence-corrected chi connectivity index (χ3v) is 4.69. The molecule has 1 saturated heterocycles. The van der Waals surface area contributed by atoms with Gasteiger partial charge in [-0.1, -0.05) is 12.8 Å². The highest BCUT2D eigenvalue weighted by molar-refractivity contribution is 5.09. The van der Waals surface area contributed by atoms with Gasteiger partial charge in [0.05, 0.1) is 17.3 Å². The van der Waals surface area contributed by atoms with Gasteiger partial charge in [0.1, 0.15) is 5.82 Å². The molecule has 0 bridgehead atoms. The van der Waals surface area contributed by atoms with E-state index >= 15 is 0 Å². The van der Waals surface area contributed by atoms with E-state index in [4.69, 9.17) is 10.5 Å². The molecule has 1 aromatic heterocycles. The fourth-order valence-corrected chi connectivity index (χ4v) is 3.64. The summed E-state index contributed by atoms with van der Waals surface area (Å²) < 4.78 is 6.08. The molecule has 2 N–H and O–H groups in total. The zero-order valence-corrected chi connectivity index (χ0v) is 11.6. The van der Waals surface area contributed by atoms with Gasteiger partial charge >= 0.3 is 0 Å². The molecule has 1 aromatic rings. The quantitative estimate of drug-likeness (QED) is 0.888. The van der Waals surface area contributed by atoms with Gasteiger partial charge in [-0.15, -0.1) is 0 Å². The number of aryl methyl sites for hydroxylation is 1. The van der Waals surface area contributed by atoms with Crippen molar-refractivity contribution in [2.24, 2.45) is 11.7 Å². The second kappa shape index (κ2) is 5.17. The molecular weight excluding hydrogens is 238 g/mol. The summed E-state index contributed by atoms with van der Waals surface area (Å²) in [5, 5.41) is 0. The van der Waals surface area contributed by atoms with Crippen LogP contribution < -0.4 is 5.73 Å². The minimum absolute atomic E-state index is 0.0167. The molecular formula is C15H23N3O. The number of ether oxygens (including phenoxy) is 1. The molecule has 19 heavy (non-hydrogen) atoms. The number of hydrogen-bond acceptors (Lipinski definition) is 4. The topological polar surface area (TPSA) is 61.0 Å². The smallest absolute Gasteiger partial charge is 0.125 e. The summed E-state index contributed by atoms with van der Waals surface area (Å²) in [5.41, 5.74) is 7.55. The van der Waals surface area contributed by atoms with Gasteiger partial charge in [0.15, 0.2) is 0 Å². The number of nitrogens with two attached hydrogens (primary N) is 1. The largest absolute Gasteiger partial charge is 0.375 e. The van der Waals surface area contributed by atoms with Gasteiger partial charge in [-0.3, -0.25) is 0 Å². The molecule has 2 atom stereocenters. The van der Waals surface area contributed by atoms with Crippen molar-refractivity contribution in [1.29, 1.82) is 0 Å². The lowest BCUT2D eigenvalue weighted by atomic mass is 9.80. The van der Waals surface area contributed by atoms with Crippen molar-refractivity contribution < 1.29 is 4.74 Å². The van der Waals surface area contributed by atoms with E-state index in [9.17, 15) is 0 Å². The summed E-state index contributed by atoms with van der Waals surface area (Å²) in [7, 11) is 0. The van der Waals surface area contributed by atoms with Crippen LogP contribution in [0, 0.1) is 12.8 Å². The first kappa shape index (κ1) is 13.0. The monoisotopic (exact) mass is 261 g/mol. The van der Waals surface area contributed by atoms with Crippen molar-refractivity contribution in [1.82, 2.24) is 9.97 Å². The zero-order chi connectivity index (χ0) is 13.3. The average Bonchev–Trinajstić information content (AvgIpc) is 2.86. The molecule has 2 fully saturated rings. The Morgan fingerprint density at radius 1 is 1.42 bits per heavy atom. The summed E-state index contributed by atoms with van der Waals surface area (Å²) in [4.78, 5) is 8.63. The Balaban J connectivity index is 1.74. The second-order valence-corrected chi connectivity index (χ2v) is 6.05. The maximum atomic E-state index is 6.44. The first-order valence-corrected chi connectivity index (χ1v) is 7.38. The number of aromatic nitrogens is 2. The predicted octanol–water partition coefficient (Wildman–Crippen LogP) is 2.52. The molecule has 4 heteroatoms. The molecule has 1 spiro atoms. The SMILES string of the molecule is Cc1nccc(C(N)C2CCOC3(CCCC3)C2)n1. The van der Waals surface area contributed by atoms with E-state index in [1.165, 1.54) is 25.7 Å². The molecule has 0 aromatic carbocycles. The first-order chi connectivity index (χ1) is 9.19. The van der Waals surface area contributed by atoms with Crippen molar-refractivity contribution in [3.8, 4) is 0 Å². The third kappa shape index (κ3) is 2.65. The Morgan fingerprint density at radius 3 is 2.95 bits per heavy atom. The van der Waals surface area contributed by atoms with E-state index in [0.29, 0.717) is 5.92 Å². The average molecular weight is 261 g/mol. The maximum Gasteiger partial charge on any atom is 0.125 e. The minimum atomic E-state index is 0.0167. The second-order valence-electron chi connectivity index (χ2n) is 6.05. The van der Waals surface area contributed by atoms with Gasteiger partial charge in [-0.2, -0.15) is 0 Å². The van der Waals surface area contributed by atoms with Gasteiger partial charge < -0.3 is 10.5 Å². The minimum Gasteiger partial charge on any atom is -0.375 e. The fourth-order valence-electron chi connectivity index (χ4n) is 3.64. The highest BCUT2D eigenvalue weighted by atomic mass is 16.5. The molecule has 2 unspecified atom stereocenters. The highest BCUT2D eigenvalue weighted by Crippen LogP contribution is 2.44. The number of hydrogen-bond donors (Lipinski definition) is 1. The maximum absolute atomic E-state index is 6.44. The molecule has 2 aliphatic rings. The first-order valence-electron chi connectivity index (χ1n) is 7.38. The Hall–Kier alpha value is -1.00. The molecule has 4 nitrogen and oxygen atoms in total. The Kier molecular flexibility index (Phi) is 3.54. The van der Waals surface area contributed by atoms with Crippen LogP contribution in [-0.4, -0.2) is 22.2 Å². The van der Waals surface area contributed by atoms with E-state index in [0.717, 1.165) is 31.0 Å². The lowest BCUT2D eigenvalue weighted by Crippen LogP contribution is -2.40. The number of rotatable bonds is 2. The lowest BCUT2D eigenvalue weighted by Gasteiger charge is -2.40.